The van der Waals surface area contributed by atoms with Gasteiger partial charge in [-0.3, -0.25) is 0 Å². The molecule has 0 unspecified atom stereocenters. The summed E-state index contributed by atoms with van der Waals surface area (Å²) in [7, 11) is 4.02. The van der Waals surface area contributed by atoms with Crippen LogP contribution >= 0.6 is 0 Å². The molecule has 1 aromatic heterocycles. The summed E-state index contributed by atoms with van der Waals surface area (Å²) < 4.78 is 0. The van der Waals surface area contributed by atoms with E-state index >= 15 is 0 Å². The van der Waals surface area contributed by atoms with Crippen molar-refractivity contribution in [3.8, 4) is 0 Å². The fraction of sp³-hybridized carbons (Fsp3) is 0.667. The number of likely N-dealkylation sites (tertiary alicyclic amines) is 1. The van der Waals surface area contributed by atoms with Gasteiger partial charge >= 0.3 is 0 Å². The minimum Gasteiger partial charge on any atom is -0.362 e. The summed E-state index contributed by atoms with van der Waals surface area (Å²) in [5, 5.41) is 6.78. The monoisotopic (exact) mass is 332 g/mol. The lowest BCUT2D eigenvalue weighted by molar-refractivity contribution is 0.232. The Morgan fingerprint density at radius 2 is 2.04 bits per heavy atom. The lowest BCUT2D eigenvalue weighted by Crippen LogP contribution is -2.42. The van der Waals surface area contributed by atoms with Crippen molar-refractivity contribution in [2.75, 3.05) is 51.7 Å². The van der Waals surface area contributed by atoms with Crippen LogP contribution in [0.25, 0.3) is 0 Å². The van der Waals surface area contributed by atoms with Gasteiger partial charge in [-0.05, 0) is 38.9 Å². The molecule has 1 fully saturated rings. The van der Waals surface area contributed by atoms with Crippen molar-refractivity contribution in [3.05, 3.63) is 23.9 Å². The zero-order valence-electron chi connectivity index (χ0n) is 15.4. The second kappa shape index (κ2) is 10.1. The number of hydrogen-bond acceptors (Lipinski definition) is 4. The molecule has 0 saturated carbocycles. The molecule has 0 atom stereocenters. The highest BCUT2D eigenvalue weighted by molar-refractivity contribution is 5.79. The smallest absolute Gasteiger partial charge is 0.191 e. The highest BCUT2D eigenvalue weighted by Gasteiger charge is 2.09. The maximum absolute atomic E-state index is 4.72. The number of aromatic nitrogens is 1. The average Bonchev–Trinajstić information content (AvgIpc) is 2.60. The van der Waals surface area contributed by atoms with E-state index in [1.54, 1.807) is 0 Å². The largest absolute Gasteiger partial charge is 0.362 e. The van der Waals surface area contributed by atoms with E-state index in [-0.39, 0.29) is 0 Å². The SMILES string of the molecule is CCNC(=NCc1cccnc1N(C)C)NCCN1CCCCC1. The quantitative estimate of drug-likeness (QED) is 0.588. The lowest BCUT2D eigenvalue weighted by atomic mass is 10.1. The molecule has 0 aromatic carbocycles. The van der Waals surface area contributed by atoms with Crippen LogP contribution in [0.5, 0.6) is 0 Å². The third kappa shape index (κ3) is 6.00. The number of guanidine groups is 1. The van der Waals surface area contributed by atoms with Gasteiger partial charge < -0.3 is 20.4 Å². The van der Waals surface area contributed by atoms with Gasteiger partial charge in [0, 0.05) is 45.5 Å². The molecule has 1 saturated heterocycles. The first-order valence-corrected chi connectivity index (χ1v) is 9.06. The van der Waals surface area contributed by atoms with Crippen LogP contribution in [-0.2, 0) is 6.54 Å². The average molecular weight is 332 g/mol. The fourth-order valence-electron chi connectivity index (χ4n) is 2.98. The molecule has 0 bridgehead atoms. The topological polar surface area (TPSA) is 55.8 Å². The van der Waals surface area contributed by atoms with Gasteiger partial charge in [-0.1, -0.05) is 12.5 Å². The molecule has 0 radical (unpaired) electrons. The summed E-state index contributed by atoms with van der Waals surface area (Å²) in [4.78, 5) is 13.7. The van der Waals surface area contributed by atoms with E-state index in [9.17, 15) is 0 Å². The molecule has 2 heterocycles. The van der Waals surface area contributed by atoms with Crippen LogP contribution in [0.2, 0.25) is 0 Å². The molecule has 1 aromatic rings. The Morgan fingerprint density at radius 3 is 2.75 bits per heavy atom. The van der Waals surface area contributed by atoms with E-state index < -0.39 is 0 Å². The van der Waals surface area contributed by atoms with Gasteiger partial charge in [0.1, 0.15) is 5.82 Å². The molecule has 134 valence electrons. The molecule has 0 aliphatic carbocycles. The highest BCUT2D eigenvalue weighted by atomic mass is 15.2. The van der Waals surface area contributed by atoms with Crippen LogP contribution in [0.15, 0.2) is 23.3 Å². The number of anilines is 1. The number of hydrogen-bond donors (Lipinski definition) is 2. The molecule has 2 rings (SSSR count). The van der Waals surface area contributed by atoms with E-state index in [1.165, 1.54) is 32.4 Å². The predicted molar refractivity (Wildman–Crippen MR) is 102 cm³/mol. The van der Waals surface area contributed by atoms with Gasteiger partial charge in [0.05, 0.1) is 6.54 Å². The van der Waals surface area contributed by atoms with Gasteiger partial charge in [-0.25, -0.2) is 9.98 Å². The summed E-state index contributed by atoms with van der Waals surface area (Å²) in [5.74, 6) is 1.86. The molecule has 1 aliphatic rings. The van der Waals surface area contributed by atoms with Gasteiger partial charge in [-0.2, -0.15) is 0 Å². The number of pyridine rings is 1. The molecule has 6 nitrogen and oxygen atoms in total. The van der Waals surface area contributed by atoms with E-state index in [0.29, 0.717) is 6.54 Å². The number of aliphatic imine (C=N–C) groups is 1. The minimum atomic E-state index is 0.625. The Hall–Kier alpha value is -1.82. The third-order valence-electron chi connectivity index (χ3n) is 4.21. The van der Waals surface area contributed by atoms with Crippen molar-refractivity contribution in [1.82, 2.24) is 20.5 Å². The minimum absolute atomic E-state index is 0.625. The predicted octanol–water partition coefficient (Wildman–Crippen LogP) is 1.69. The van der Waals surface area contributed by atoms with Gasteiger partial charge in [0.25, 0.3) is 0 Å². The van der Waals surface area contributed by atoms with Gasteiger partial charge in [-0.15, -0.1) is 0 Å². The van der Waals surface area contributed by atoms with Gasteiger partial charge in [0.15, 0.2) is 5.96 Å². The first-order valence-electron chi connectivity index (χ1n) is 9.06. The standard InChI is InChI=1S/C18H32N6/c1-4-19-18(21-11-14-24-12-6-5-7-13-24)22-15-16-9-8-10-20-17(16)23(2)3/h8-10H,4-7,11-15H2,1-3H3,(H2,19,21,22). The van der Waals surface area contributed by atoms with Gasteiger partial charge in [0.2, 0.25) is 0 Å². The van der Waals surface area contributed by atoms with Crippen LogP contribution in [0.1, 0.15) is 31.7 Å². The highest BCUT2D eigenvalue weighted by Crippen LogP contribution is 2.15. The number of rotatable bonds is 7. The fourth-order valence-corrected chi connectivity index (χ4v) is 2.98. The molecule has 2 N–H and O–H groups in total. The van der Waals surface area contributed by atoms with Crippen molar-refractivity contribution in [2.45, 2.75) is 32.7 Å². The zero-order valence-corrected chi connectivity index (χ0v) is 15.4. The summed E-state index contributed by atoms with van der Waals surface area (Å²) in [6, 6.07) is 4.05. The Morgan fingerprint density at radius 1 is 1.25 bits per heavy atom. The summed E-state index contributed by atoms with van der Waals surface area (Å²) in [6.07, 6.45) is 5.88. The Balaban J connectivity index is 1.88. The van der Waals surface area contributed by atoms with Crippen molar-refractivity contribution < 1.29 is 0 Å². The Labute approximate surface area is 146 Å². The van der Waals surface area contributed by atoms with E-state index in [2.05, 4.69) is 33.5 Å². The van der Waals surface area contributed by atoms with Crippen LogP contribution in [0, 0.1) is 0 Å². The molecule has 24 heavy (non-hydrogen) atoms. The maximum Gasteiger partial charge on any atom is 0.191 e. The van der Waals surface area contributed by atoms with Crippen LogP contribution in [0.3, 0.4) is 0 Å². The molecule has 0 amide bonds. The third-order valence-corrected chi connectivity index (χ3v) is 4.21. The van der Waals surface area contributed by atoms with Crippen molar-refractivity contribution in [2.24, 2.45) is 4.99 Å². The summed E-state index contributed by atoms with van der Waals surface area (Å²) in [5.41, 5.74) is 1.13. The van der Waals surface area contributed by atoms with Crippen LogP contribution < -0.4 is 15.5 Å². The number of piperidine rings is 1. The Bertz CT molecular complexity index is 508. The second-order valence-corrected chi connectivity index (χ2v) is 6.40. The van der Waals surface area contributed by atoms with Crippen molar-refractivity contribution in [1.29, 1.82) is 0 Å². The van der Waals surface area contributed by atoms with Crippen molar-refractivity contribution in [3.63, 3.8) is 0 Å². The number of nitrogens with zero attached hydrogens (tertiary/aromatic N) is 4. The first-order chi connectivity index (χ1) is 11.7. The van der Waals surface area contributed by atoms with Crippen molar-refractivity contribution >= 4 is 11.8 Å². The van der Waals surface area contributed by atoms with E-state index in [1.807, 2.05) is 31.3 Å². The molecule has 1 aliphatic heterocycles. The Kier molecular flexibility index (Phi) is 7.82. The molecular formula is C18H32N6. The van der Waals surface area contributed by atoms with Crippen LogP contribution in [-0.4, -0.2) is 62.7 Å². The maximum atomic E-state index is 4.72. The van der Waals surface area contributed by atoms with E-state index in [4.69, 9.17) is 4.99 Å². The summed E-state index contributed by atoms with van der Waals surface area (Å²) in [6.45, 7) is 8.06. The molecule has 6 heteroatoms. The van der Waals surface area contributed by atoms with E-state index in [0.717, 1.165) is 37.0 Å². The second-order valence-electron chi connectivity index (χ2n) is 6.40. The first kappa shape index (κ1) is 18.5. The normalized spacial score (nSPS) is 16.0. The lowest BCUT2D eigenvalue weighted by Gasteiger charge is -2.26. The van der Waals surface area contributed by atoms with Crippen LogP contribution in [0.4, 0.5) is 5.82 Å². The number of nitrogens with one attached hydrogen (secondary N) is 2. The molecule has 0 spiro atoms. The molecular weight excluding hydrogens is 300 g/mol. The summed E-state index contributed by atoms with van der Waals surface area (Å²) >= 11 is 0. The zero-order chi connectivity index (χ0) is 17.2.